The van der Waals surface area contributed by atoms with Gasteiger partial charge in [-0.15, -0.1) is 0 Å². The minimum absolute atomic E-state index is 0.00277. The SMILES string of the molecule is C[C@H](NC(=O)[C@H](C)NC(=O)[C@H](CCCNC(=N)N)NC(=O)[C@@H](CCCCN)NC(=O)[C@@H](N)CCCCN)C(=O)N[C@@H](CCCNC(=N)N)C(=O)N[C@@H](C)C(=O)N[C@H](C(=O)N[C@@H](CO)C(N)=O)[C@@H](C)O. The Morgan fingerprint density at radius 2 is 0.812 bits per heavy atom. The van der Waals surface area contributed by atoms with Gasteiger partial charge in [-0.1, -0.05) is 6.42 Å². The normalized spacial score (nSPS) is 15.3. The Morgan fingerprint density at radius 3 is 1.22 bits per heavy atom. The summed E-state index contributed by atoms with van der Waals surface area (Å²) in [6, 6.07) is -11.8. The first kappa shape index (κ1) is 62.6. The Balaban J connectivity index is 6.04. The minimum Gasteiger partial charge on any atom is -0.394 e. The Bertz CT molecular complexity index is 1720. The van der Waals surface area contributed by atoms with Crippen LogP contribution in [0.2, 0.25) is 0 Å². The van der Waals surface area contributed by atoms with E-state index in [0.29, 0.717) is 45.2 Å². The molecule has 0 aliphatic heterocycles. The van der Waals surface area contributed by atoms with Crippen molar-refractivity contribution in [3.8, 4) is 0 Å². The van der Waals surface area contributed by atoms with E-state index >= 15 is 0 Å². The van der Waals surface area contributed by atoms with Crippen LogP contribution in [0.4, 0.5) is 0 Å². The van der Waals surface area contributed by atoms with Gasteiger partial charge in [0.25, 0.3) is 0 Å². The summed E-state index contributed by atoms with van der Waals surface area (Å²) in [6.45, 7) is 5.15. The van der Waals surface area contributed by atoms with Crippen LogP contribution in [0.1, 0.15) is 91.9 Å². The number of nitrogens with two attached hydrogens (primary N) is 6. The van der Waals surface area contributed by atoms with E-state index in [0.717, 1.165) is 6.92 Å². The van der Waals surface area contributed by atoms with Gasteiger partial charge in [0.05, 0.1) is 18.8 Å². The maximum Gasteiger partial charge on any atom is 0.245 e. The molecule has 9 amide bonds. The Labute approximate surface area is 401 Å². The Hall–Kier alpha value is -6.43. The highest BCUT2D eigenvalue weighted by molar-refractivity contribution is 5.98. The molecule has 0 aromatic heterocycles. The molecule has 69 heavy (non-hydrogen) atoms. The molecule has 0 aromatic rings. The lowest BCUT2D eigenvalue weighted by Crippen LogP contribution is -2.61. The number of carbonyl (C=O) groups excluding carboxylic acids is 9. The fourth-order valence-electron chi connectivity index (χ4n) is 6.16. The molecule has 394 valence electrons. The van der Waals surface area contributed by atoms with Gasteiger partial charge in [0.15, 0.2) is 11.9 Å². The van der Waals surface area contributed by atoms with E-state index in [9.17, 15) is 53.4 Å². The molecule has 0 saturated heterocycles. The van der Waals surface area contributed by atoms with Crippen LogP contribution in [0.3, 0.4) is 0 Å². The summed E-state index contributed by atoms with van der Waals surface area (Å²) in [5, 5.41) is 58.9. The van der Waals surface area contributed by atoms with E-state index in [-0.39, 0.29) is 57.1 Å². The highest BCUT2D eigenvalue weighted by atomic mass is 16.3. The van der Waals surface area contributed by atoms with Crippen molar-refractivity contribution in [3.05, 3.63) is 0 Å². The number of aliphatic hydroxyl groups is 2. The first-order valence-corrected chi connectivity index (χ1v) is 22.7. The molecule has 0 unspecified atom stereocenters. The molecule has 29 heteroatoms. The maximum atomic E-state index is 13.7. The Kier molecular flexibility index (Phi) is 30.8. The van der Waals surface area contributed by atoms with Gasteiger partial charge >= 0.3 is 0 Å². The molecule has 0 aromatic carbocycles. The van der Waals surface area contributed by atoms with E-state index < -0.39 is 120 Å². The number of carbonyl (C=O) groups is 9. The smallest absolute Gasteiger partial charge is 0.245 e. The quantitative estimate of drug-likeness (QED) is 0.0159. The number of guanidine groups is 2. The van der Waals surface area contributed by atoms with Gasteiger partial charge in [-0.3, -0.25) is 54.0 Å². The molecule has 26 N–H and O–H groups in total. The third-order valence-electron chi connectivity index (χ3n) is 10.3. The van der Waals surface area contributed by atoms with Crippen molar-refractivity contribution in [2.75, 3.05) is 32.8 Å². The van der Waals surface area contributed by atoms with E-state index in [2.05, 4.69) is 53.2 Å². The summed E-state index contributed by atoms with van der Waals surface area (Å²) in [5.41, 5.74) is 33.1. The third-order valence-corrected chi connectivity index (χ3v) is 10.3. The summed E-state index contributed by atoms with van der Waals surface area (Å²) in [5.74, 6) is -8.48. The van der Waals surface area contributed by atoms with Crippen molar-refractivity contribution in [2.24, 2.45) is 34.4 Å². The molecule has 0 fully saturated rings. The molecule has 0 spiro atoms. The van der Waals surface area contributed by atoms with Gasteiger partial charge in [-0.05, 0) is 98.6 Å². The third kappa shape index (κ3) is 26.1. The largest absolute Gasteiger partial charge is 0.394 e. The average molecular weight is 987 g/mol. The van der Waals surface area contributed by atoms with Crippen molar-refractivity contribution in [3.63, 3.8) is 0 Å². The maximum absolute atomic E-state index is 13.7. The molecule has 0 saturated carbocycles. The fraction of sp³-hybridized carbons (Fsp3) is 0.725. The number of nitrogens with one attached hydrogen (secondary N) is 12. The van der Waals surface area contributed by atoms with Gasteiger partial charge in [0, 0.05) is 13.1 Å². The highest BCUT2D eigenvalue weighted by Gasteiger charge is 2.33. The molecule has 10 atom stereocenters. The molecule has 0 heterocycles. The molecule has 0 bridgehead atoms. The van der Waals surface area contributed by atoms with Crippen molar-refractivity contribution >= 4 is 65.1 Å². The lowest BCUT2D eigenvalue weighted by atomic mass is 10.0. The van der Waals surface area contributed by atoms with Gasteiger partial charge < -0.3 is 97.8 Å². The second kappa shape index (κ2) is 33.9. The topological polar surface area (TPSA) is 518 Å². The summed E-state index contributed by atoms with van der Waals surface area (Å²) in [7, 11) is 0. The molecule has 0 aliphatic rings. The van der Waals surface area contributed by atoms with E-state index in [1.165, 1.54) is 20.8 Å². The van der Waals surface area contributed by atoms with Gasteiger partial charge in [0.2, 0.25) is 53.2 Å². The number of primary amides is 1. The Morgan fingerprint density at radius 1 is 0.464 bits per heavy atom. The van der Waals surface area contributed by atoms with Crippen LogP contribution in [0.25, 0.3) is 0 Å². The fourth-order valence-corrected chi connectivity index (χ4v) is 6.16. The predicted octanol–water partition coefficient (Wildman–Crippen LogP) is -8.11. The number of unbranched alkanes of at least 4 members (excludes halogenated alkanes) is 2. The standard InChI is InChI=1S/C40H78N18O11/c1-20(52-36(67)27(14-10-18-50-40(47)48)56-37(68)25(12-6-8-16-42)55-34(65)24(43)11-5-7-15-41)31(62)51-21(2)32(63)54-26(13-9-17-49-39(45)46)35(66)53-22(3)33(64)58-29(23(4)60)38(69)57-28(19-59)30(44)61/h20-29,59-60H,5-19,41-43H2,1-4H3,(H2,44,61)(H,51,62)(H,52,67)(H,53,66)(H,54,63)(H,55,65)(H,56,68)(H,57,69)(H,58,64)(H4,45,46,49)(H4,47,48,50)/t20-,21-,22-,23+,24-,25+,26-,27-,28-,29-/m0/s1. The van der Waals surface area contributed by atoms with Crippen LogP contribution in [0.15, 0.2) is 0 Å². The number of amides is 9. The molecular weight excluding hydrogens is 909 g/mol. The van der Waals surface area contributed by atoms with Crippen molar-refractivity contribution < 1.29 is 53.4 Å². The van der Waals surface area contributed by atoms with E-state index in [1.807, 2.05) is 0 Å². The lowest BCUT2D eigenvalue weighted by Gasteiger charge is -2.26. The number of hydrogen-bond acceptors (Lipinski definition) is 16. The molecular formula is C40H78N18O11. The first-order chi connectivity index (χ1) is 32.4. The van der Waals surface area contributed by atoms with Gasteiger partial charge in [-0.25, -0.2) is 0 Å². The summed E-state index contributed by atoms with van der Waals surface area (Å²) in [4.78, 5) is 118. The second-order valence-electron chi connectivity index (χ2n) is 16.4. The summed E-state index contributed by atoms with van der Waals surface area (Å²) >= 11 is 0. The number of aliphatic hydroxyl groups excluding tert-OH is 2. The van der Waals surface area contributed by atoms with Crippen LogP contribution in [0, 0.1) is 10.8 Å². The van der Waals surface area contributed by atoms with E-state index in [4.69, 9.17) is 45.2 Å². The van der Waals surface area contributed by atoms with Crippen LogP contribution < -0.4 is 87.6 Å². The minimum atomic E-state index is -1.65. The van der Waals surface area contributed by atoms with Crippen LogP contribution in [-0.4, -0.2) is 169 Å². The number of rotatable bonds is 35. The van der Waals surface area contributed by atoms with Gasteiger partial charge in [0.1, 0.15) is 48.3 Å². The molecule has 0 radical (unpaired) electrons. The molecule has 29 nitrogen and oxygen atoms in total. The molecule has 0 aliphatic carbocycles. The van der Waals surface area contributed by atoms with Crippen molar-refractivity contribution in [2.45, 2.75) is 152 Å². The predicted molar refractivity (Wildman–Crippen MR) is 253 cm³/mol. The van der Waals surface area contributed by atoms with Crippen molar-refractivity contribution in [1.29, 1.82) is 10.8 Å². The molecule has 0 rings (SSSR count). The lowest BCUT2D eigenvalue weighted by molar-refractivity contribution is -0.136. The second-order valence-corrected chi connectivity index (χ2v) is 16.4. The zero-order valence-corrected chi connectivity index (χ0v) is 39.9. The summed E-state index contributed by atoms with van der Waals surface area (Å²) in [6.07, 6.45) is 1.53. The van der Waals surface area contributed by atoms with Crippen LogP contribution in [-0.2, 0) is 43.2 Å². The van der Waals surface area contributed by atoms with Gasteiger partial charge in [-0.2, -0.15) is 0 Å². The average Bonchev–Trinajstić information content (AvgIpc) is 3.27. The van der Waals surface area contributed by atoms with Crippen LogP contribution in [0.5, 0.6) is 0 Å². The van der Waals surface area contributed by atoms with Crippen LogP contribution >= 0.6 is 0 Å². The van der Waals surface area contributed by atoms with E-state index in [1.54, 1.807) is 0 Å². The van der Waals surface area contributed by atoms with Crippen molar-refractivity contribution in [1.82, 2.24) is 53.2 Å². The zero-order valence-electron chi connectivity index (χ0n) is 39.9. The number of hydrogen-bond donors (Lipinski definition) is 20. The zero-order chi connectivity index (χ0) is 52.8. The summed E-state index contributed by atoms with van der Waals surface area (Å²) < 4.78 is 0. The highest BCUT2D eigenvalue weighted by Crippen LogP contribution is 2.07. The monoisotopic (exact) mass is 987 g/mol. The first-order valence-electron chi connectivity index (χ1n) is 22.7.